The SMILES string of the molecule is Cc1cc(C(F)(F)F)cc(O)c1-c1cnc2c([C@@H](C)O)n(C3CCC(=O)N(C(C)C)C3)nc2n1. The summed E-state index contributed by atoms with van der Waals surface area (Å²) < 4.78 is 40.9. The zero-order valence-electron chi connectivity index (χ0n) is 19.3. The number of aromatic hydroxyl groups is 1. The number of alkyl halides is 3. The number of aryl methyl sites for hydroxylation is 1. The van der Waals surface area contributed by atoms with Crippen molar-refractivity contribution in [1.29, 1.82) is 0 Å². The number of rotatable bonds is 4. The fourth-order valence-electron chi connectivity index (χ4n) is 4.50. The molecule has 1 amide bonds. The lowest BCUT2D eigenvalue weighted by Crippen LogP contribution is -2.45. The highest BCUT2D eigenvalue weighted by Crippen LogP contribution is 2.39. The van der Waals surface area contributed by atoms with E-state index in [1.807, 2.05) is 13.8 Å². The summed E-state index contributed by atoms with van der Waals surface area (Å²) in [5.74, 6) is -0.497. The minimum atomic E-state index is -4.59. The summed E-state index contributed by atoms with van der Waals surface area (Å²) in [6.45, 7) is 7.33. The van der Waals surface area contributed by atoms with E-state index in [1.54, 1.807) is 16.5 Å². The number of aliphatic hydroxyl groups excluding tert-OH is 1. The van der Waals surface area contributed by atoms with Crippen molar-refractivity contribution >= 4 is 17.1 Å². The first-order chi connectivity index (χ1) is 15.9. The lowest BCUT2D eigenvalue weighted by Gasteiger charge is -2.36. The first-order valence-corrected chi connectivity index (χ1v) is 11.0. The molecule has 0 spiro atoms. The number of aliphatic hydroxyl groups is 1. The Morgan fingerprint density at radius 3 is 2.50 bits per heavy atom. The van der Waals surface area contributed by atoms with E-state index < -0.39 is 23.6 Å². The Hall–Kier alpha value is -3.21. The second kappa shape index (κ2) is 8.53. The van der Waals surface area contributed by atoms with Gasteiger partial charge in [0.2, 0.25) is 11.6 Å². The second-order valence-corrected chi connectivity index (χ2v) is 8.95. The Morgan fingerprint density at radius 1 is 1.21 bits per heavy atom. The van der Waals surface area contributed by atoms with Crippen LogP contribution in [-0.2, 0) is 11.0 Å². The molecule has 2 aromatic heterocycles. The summed E-state index contributed by atoms with van der Waals surface area (Å²) in [6, 6.07) is 1.43. The minimum absolute atomic E-state index is 0.0174. The standard InChI is InChI=1S/C23H26F3N5O3/c1-11(2)30-10-15(5-6-18(30)34)31-21(13(4)32)20-22(29-31)28-16(9-27-20)19-12(3)7-14(8-17(19)33)23(24,25)26/h7-9,11,13,15,32-33H,5-6,10H2,1-4H3/t13-,15?/m1/s1. The van der Waals surface area contributed by atoms with E-state index in [2.05, 4.69) is 15.1 Å². The quantitative estimate of drug-likeness (QED) is 0.585. The van der Waals surface area contributed by atoms with Crippen molar-refractivity contribution in [2.45, 2.75) is 64.9 Å². The number of hydrogen-bond acceptors (Lipinski definition) is 6. The van der Waals surface area contributed by atoms with E-state index in [9.17, 15) is 28.2 Å². The third-order valence-electron chi connectivity index (χ3n) is 6.13. The Labute approximate surface area is 194 Å². The van der Waals surface area contributed by atoms with Gasteiger partial charge in [0.1, 0.15) is 11.3 Å². The highest BCUT2D eigenvalue weighted by Gasteiger charge is 2.34. The maximum atomic E-state index is 13.1. The number of amides is 1. The third-order valence-corrected chi connectivity index (χ3v) is 6.13. The monoisotopic (exact) mass is 477 g/mol. The van der Waals surface area contributed by atoms with Gasteiger partial charge in [-0.2, -0.15) is 13.2 Å². The average Bonchev–Trinajstić information content (AvgIpc) is 3.11. The van der Waals surface area contributed by atoms with E-state index >= 15 is 0 Å². The van der Waals surface area contributed by atoms with Crippen LogP contribution in [0.4, 0.5) is 13.2 Å². The number of hydrogen-bond donors (Lipinski definition) is 2. The molecule has 1 unspecified atom stereocenters. The highest BCUT2D eigenvalue weighted by molar-refractivity contribution is 5.80. The zero-order chi connectivity index (χ0) is 24.9. The molecule has 34 heavy (non-hydrogen) atoms. The summed E-state index contributed by atoms with van der Waals surface area (Å²) >= 11 is 0. The fraction of sp³-hybridized carbons (Fsp3) is 0.478. The molecule has 3 heterocycles. The molecular formula is C23H26F3N5O3. The molecule has 11 heteroatoms. The Kier molecular flexibility index (Phi) is 6.01. The molecule has 0 saturated carbocycles. The van der Waals surface area contributed by atoms with Gasteiger partial charge in [-0.15, -0.1) is 5.10 Å². The number of benzene rings is 1. The molecule has 1 aromatic carbocycles. The predicted molar refractivity (Wildman–Crippen MR) is 118 cm³/mol. The maximum Gasteiger partial charge on any atom is 0.416 e. The van der Waals surface area contributed by atoms with Crippen LogP contribution >= 0.6 is 0 Å². The summed E-state index contributed by atoms with van der Waals surface area (Å²) in [7, 11) is 0. The fourth-order valence-corrected chi connectivity index (χ4v) is 4.50. The molecule has 0 radical (unpaired) electrons. The first kappa shape index (κ1) is 23.9. The molecule has 3 aromatic rings. The van der Waals surface area contributed by atoms with Gasteiger partial charge in [0.05, 0.1) is 35.3 Å². The molecule has 0 bridgehead atoms. The van der Waals surface area contributed by atoms with Crippen molar-refractivity contribution in [3.8, 4) is 17.0 Å². The van der Waals surface area contributed by atoms with Crippen molar-refractivity contribution in [3.05, 3.63) is 35.2 Å². The van der Waals surface area contributed by atoms with Crippen LogP contribution in [0.1, 0.15) is 62.6 Å². The number of carbonyl (C=O) groups is 1. The summed E-state index contributed by atoms with van der Waals surface area (Å²) in [5, 5.41) is 25.4. The average molecular weight is 477 g/mol. The molecule has 8 nitrogen and oxygen atoms in total. The van der Waals surface area contributed by atoms with Gasteiger partial charge in [-0.3, -0.25) is 9.48 Å². The molecule has 2 N–H and O–H groups in total. The van der Waals surface area contributed by atoms with Gasteiger partial charge in [-0.25, -0.2) is 9.97 Å². The molecular weight excluding hydrogens is 451 g/mol. The number of carbonyl (C=O) groups excluding carboxylic acids is 1. The van der Waals surface area contributed by atoms with Crippen molar-refractivity contribution < 1.29 is 28.2 Å². The number of fused-ring (bicyclic) bond motifs is 1. The number of nitrogens with zero attached hydrogens (tertiary/aromatic N) is 5. The third kappa shape index (κ3) is 4.20. The summed E-state index contributed by atoms with van der Waals surface area (Å²) in [4.78, 5) is 22.9. The van der Waals surface area contributed by atoms with Crippen LogP contribution < -0.4 is 0 Å². The number of phenols is 1. The first-order valence-electron chi connectivity index (χ1n) is 11.0. The molecule has 1 saturated heterocycles. The van der Waals surface area contributed by atoms with E-state index in [0.29, 0.717) is 36.7 Å². The molecule has 1 fully saturated rings. The minimum Gasteiger partial charge on any atom is -0.507 e. The van der Waals surface area contributed by atoms with Crippen LogP contribution in [0, 0.1) is 6.92 Å². The molecule has 1 aliphatic rings. The predicted octanol–water partition coefficient (Wildman–Crippen LogP) is 4.15. The van der Waals surface area contributed by atoms with Gasteiger partial charge in [0, 0.05) is 24.6 Å². The largest absolute Gasteiger partial charge is 0.507 e. The van der Waals surface area contributed by atoms with Gasteiger partial charge in [0.15, 0.2) is 0 Å². The second-order valence-electron chi connectivity index (χ2n) is 8.95. The number of phenolic OH excluding ortho intramolecular Hbond substituents is 1. The van der Waals surface area contributed by atoms with E-state index in [1.165, 1.54) is 13.1 Å². The number of halogens is 3. The van der Waals surface area contributed by atoms with Gasteiger partial charge >= 0.3 is 6.18 Å². The van der Waals surface area contributed by atoms with Crippen LogP contribution in [0.5, 0.6) is 5.75 Å². The van der Waals surface area contributed by atoms with Crippen molar-refractivity contribution in [2.24, 2.45) is 0 Å². The Balaban J connectivity index is 1.80. The molecule has 182 valence electrons. The molecule has 2 atom stereocenters. The summed E-state index contributed by atoms with van der Waals surface area (Å²) in [6.07, 6.45) is -3.27. The maximum absolute atomic E-state index is 13.1. The van der Waals surface area contributed by atoms with Crippen LogP contribution in [0.15, 0.2) is 18.3 Å². The van der Waals surface area contributed by atoms with Crippen molar-refractivity contribution in [1.82, 2.24) is 24.6 Å². The van der Waals surface area contributed by atoms with E-state index in [0.717, 1.165) is 6.07 Å². The van der Waals surface area contributed by atoms with E-state index in [4.69, 9.17) is 0 Å². The van der Waals surface area contributed by atoms with Crippen LogP contribution in [-0.4, -0.2) is 53.4 Å². The van der Waals surface area contributed by atoms with Crippen molar-refractivity contribution in [3.63, 3.8) is 0 Å². The van der Waals surface area contributed by atoms with Crippen LogP contribution in [0.25, 0.3) is 22.4 Å². The smallest absolute Gasteiger partial charge is 0.416 e. The summed E-state index contributed by atoms with van der Waals surface area (Å²) in [5.41, 5.74) is 0.531. The lowest BCUT2D eigenvalue weighted by atomic mass is 10.0. The van der Waals surface area contributed by atoms with Gasteiger partial charge < -0.3 is 15.1 Å². The Morgan fingerprint density at radius 2 is 1.91 bits per heavy atom. The normalized spacial score (nSPS) is 18.2. The molecule has 1 aliphatic heterocycles. The number of piperidine rings is 1. The number of likely N-dealkylation sites (tertiary alicyclic amines) is 1. The topological polar surface area (TPSA) is 104 Å². The highest BCUT2D eigenvalue weighted by atomic mass is 19.4. The lowest BCUT2D eigenvalue weighted by molar-refractivity contribution is -0.138. The van der Waals surface area contributed by atoms with Gasteiger partial charge in [-0.05, 0) is 51.8 Å². The van der Waals surface area contributed by atoms with Crippen molar-refractivity contribution in [2.75, 3.05) is 6.54 Å². The van der Waals surface area contributed by atoms with Crippen LogP contribution in [0.3, 0.4) is 0 Å². The van der Waals surface area contributed by atoms with Crippen LogP contribution in [0.2, 0.25) is 0 Å². The zero-order valence-corrected chi connectivity index (χ0v) is 19.3. The molecule has 0 aliphatic carbocycles. The Bertz CT molecular complexity index is 1230. The number of aromatic nitrogens is 4. The van der Waals surface area contributed by atoms with Gasteiger partial charge in [0.25, 0.3) is 0 Å². The molecule has 4 rings (SSSR count). The van der Waals surface area contributed by atoms with E-state index in [-0.39, 0.29) is 40.5 Å². The van der Waals surface area contributed by atoms with Gasteiger partial charge in [-0.1, -0.05) is 0 Å².